The van der Waals surface area contributed by atoms with Crippen LogP contribution in [-0.2, 0) is 25.4 Å². The molecule has 0 aromatic heterocycles. The van der Waals surface area contributed by atoms with Crippen LogP contribution >= 0.6 is 11.6 Å². The second-order valence-corrected chi connectivity index (χ2v) is 13.0. The first-order chi connectivity index (χ1) is 11.5. The Hall–Kier alpha value is -1.37. The van der Waals surface area contributed by atoms with Gasteiger partial charge < -0.3 is 9.16 Å². The Morgan fingerprint density at radius 1 is 1.28 bits per heavy atom. The molecule has 25 heavy (non-hydrogen) atoms. The molecule has 1 amide bonds. The van der Waals surface area contributed by atoms with E-state index >= 15 is 0 Å². The monoisotopic (exact) mass is 383 g/mol. The zero-order valence-electron chi connectivity index (χ0n) is 15.6. The van der Waals surface area contributed by atoms with Crippen LogP contribution in [0.4, 0.5) is 5.69 Å². The fourth-order valence-corrected chi connectivity index (χ4v) is 3.68. The molecule has 1 aliphatic heterocycles. The van der Waals surface area contributed by atoms with Gasteiger partial charge in [0.25, 0.3) is 0 Å². The van der Waals surface area contributed by atoms with Crippen molar-refractivity contribution in [2.24, 2.45) is 0 Å². The highest BCUT2D eigenvalue weighted by Gasteiger charge is 2.52. The summed E-state index contributed by atoms with van der Waals surface area (Å²) in [5, 5.41) is -0.800. The Bertz CT molecular complexity index is 671. The molecule has 0 saturated carbocycles. The Labute approximate surface area is 155 Å². The van der Waals surface area contributed by atoms with Crippen LogP contribution in [0.1, 0.15) is 26.3 Å². The lowest BCUT2D eigenvalue weighted by Gasteiger charge is -2.43. The minimum atomic E-state index is -1.93. The van der Waals surface area contributed by atoms with E-state index in [9.17, 15) is 9.59 Å². The number of benzene rings is 1. The molecular formula is C18H26ClNO4Si. The van der Waals surface area contributed by atoms with Crippen molar-refractivity contribution in [3.63, 3.8) is 0 Å². The average Bonchev–Trinajstić information content (AvgIpc) is 2.55. The highest BCUT2D eigenvalue weighted by Crippen LogP contribution is 2.39. The molecule has 1 aliphatic rings. The van der Waals surface area contributed by atoms with E-state index in [1.807, 2.05) is 18.2 Å². The second-order valence-electron chi connectivity index (χ2n) is 7.76. The number of para-hydroxylation sites is 1. The molecule has 1 heterocycles. The number of β-lactam (4-membered cyclic amide) rings is 1. The first kappa shape index (κ1) is 19.9. The summed E-state index contributed by atoms with van der Waals surface area (Å²) in [7, 11) is -0.644. The maximum absolute atomic E-state index is 12.3. The summed E-state index contributed by atoms with van der Waals surface area (Å²) in [4.78, 5) is 25.6. The first-order valence-electron chi connectivity index (χ1n) is 8.28. The van der Waals surface area contributed by atoms with Crippen LogP contribution in [0.25, 0.3) is 0 Å². The molecule has 1 aromatic carbocycles. The van der Waals surface area contributed by atoms with Crippen molar-refractivity contribution >= 4 is 37.5 Å². The van der Waals surface area contributed by atoms with E-state index in [1.54, 1.807) is 6.07 Å². The third-order valence-electron chi connectivity index (χ3n) is 5.12. The minimum Gasteiger partial charge on any atom is -0.467 e. The molecule has 2 atom stereocenters. The van der Waals surface area contributed by atoms with Gasteiger partial charge in [0.2, 0.25) is 5.91 Å². The molecule has 2 rings (SSSR count). The Balaban J connectivity index is 2.27. The number of carbonyl (C=O) groups excluding carboxylic acids is 2. The number of nitrogens with zero attached hydrogens (tertiary/aromatic N) is 1. The van der Waals surface area contributed by atoms with Gasteiger partial charge in [-0.15, -0.1) is 11.6 Å². The van der Waals surface area contributed by atoms with Crippen LogP contribution < -0.4 is 4.90 Å². The van der Waals surface area contributed by atoms with Gasteiger partial charge in [0.05, 0.1) is 19.4 Å². The predicted octanol–water partition coefficient (Wildman–Crippen LogP) is 3.70. The van der Waals surface area contributed by atoms with Gasteiger partial charge in [-0.3, -0.25) is 9.69 Å². The summed E-state index contributed by atoms with van der Waals surface area (Å²) in [5.74, 6) is -0.809. The van der Waals surface area contributed by atoms with Crippen LogP contribution in [0.5, 0.6) is 0 Å². The van der Waals surface area contributed by atoms with E-state index < -0.39 is 25.7 Å². The van der Waals surface area contributed by atoms with Crippen molar-refractivity contribution < 1.29 is 18.8 Å². The number of rotatable bonds is 5. The number of methoxy groups -OCH3 is 1. The number of hydrogen-bond acceptors (Lipinski definition) is 4. The van der Waals surface area contributed by atoms with Gasteiger partial charge in [-0.2, -0.15) is 0 Å². The van der Waals surface area contributed by atoms with Crippen LogP contribution in [0.15, 0.2) is 24.3 Å². The molecule has 7 heteroatoms. The van der Waals surface area contributed by atoms with E-state index in [2.05, 4.69) is 33.9 Å². The molecule has 1 aromatic rings. The zero-order chi connectivity index (χ0) is 19.0. The van der Waals surface area contributed by atoms with Crippen molar-refractivity contribution in [3.05, 3.63) is 29.8 Å². The molecule has 0 bridgehead atoms. The molecule has 0 spiro atoms. The topological polar surface area (TPSA) is 55.8 Å². The average molecular weight is 384 g/mol. The molecule has 1 fully saturated rings. The summed E-state index contributed by atoms with van der Waals surface area (Å²) >= 11 is 6.03. The summed E-state index contributed by atoms with van der Waals surface area (Å²) in [6.07, 6.45) is 0. The lowest BCUT2D eigenvalue weighted by atomic mass is 9.98. The molecule has 0 unspecified atom stereocenters. The van der Waals surface area contributed by atoms with E-state index in [0.717, 1.165) is 5.56 Å². The smallest absolute Gasteiger partial charge is 0.331 e. The summed E-state index contributed by atoms with van der Waals surface area (Å²) in [6, 6.07) is 6.64. The number of alkyl halides is 1. The molecule has 0 aliphatic carbocycles. The van der Waals surface area contributed by atoms with E-state index in [4.69, 9.17) is 20.8 Å². The molecular weight excluding hydrogens is 358 g/mol. The van der Waals surface area contributed by atoms with Crippen molar-refractivity contribution in [1.82, 2.24) is 0 Å². The van der Waals surface area contributed by atoms with Crippen LogP contribution in [0.3, 0.4) is 0 Å². The minimum absolute atomic E-state index is 0.0876. The van der Waals surface area contributed by atoms with Gasteiger partial charge in [-0.1, -0.05) is 39.0 Å². The molecule has 1 saturated heterocycles. The zero-order valence-corrected chi connectivity index (χ0v) is 17.4. The maximum Gasteiger partial charge on any atom is 0.331 e. The van der Waals surface area contributed by atoms with Crippen molar-refractivity contribution in [3.8, 4) is 0 Å². The number of hydrogen-bond donors (Lipinski definition) is 0. The molecule has 138 valence electrons. The Morgan fingerprint density at radius 2 is 1.88 bits per heavy atom. The molecule has 0 N–H and O–H groups in total. The van der Waals surface area contributed by atoms with Gasteiger partial charge in [-0.25, -0.2) is 4.79 Å². The third kappa shape index (κ3) is 3.76. The lowest BCUT2D eigenvalue weighted by molar-refractivity contribution is -0.147. The number of carbonyl (C=O) groups is 2. The van der Waals surface area contributed by atoms with Gasteiger partial charge in [-0.05, 0) is 24.2 Å². The summed E-state index contributed by atoms with van der Waals surface area (Å²) in [5.41, 5.74) is 1.51. The van der Waals surface area contributed by atoms with E-state index in [-0.39, 0.29) is 10.9 Å². The third-order valence-corrected chi connectivity index (χ3v) is 10.0. The normalized spacial score (nSPS) is 21.1. The number of anilines is 1. The van der Waals surface area contributed by atoms with Gasteiger partial charge in [0.15, 0.2) is 14.4 Å². The van der Waals surface area contributed by atoms with Gasteiger partial charge >= 0.3 is 5.97 Å². The maximum atomic E-state index is 12.3. The summed E-state index contributed by atoms with van der Waals surface area (Å²) in [6.45, 7) is 11.3. The number of esters is 1. The largest absolute Gasteiger partial charge is 0.467 e. The molecule has 5 nitrogen and oxygen atoms in total. The summed E-state index contributed by atoms with van der Waals surface area (Å²) < 4.78 is 11.1. The Morgan fingerprint density at radius 3 is 2.44 bits per heavy atom. The fraction of sp³-hybridized carbons (Fsp3) is 0.556. The van der Waals surface area contributed by atoms with Crippen molar-refractivity contribution in [2.45, 2.75) is 56.9 Å². The lowest BCUT2D eigenvalue weighted by Crippen LogP contribution is -2.66. The van der Waals surface area contributed by atoms with E-state index in [0.29, 0.717) is 12.3 Å². The van der Waals surface area contributed by atoms with Gasteiger partial charge in [0, 0.05) is 5.56 Å². The van der Waals surface area contributed by atoms with Gasteiger partial charge in [0.1, 0.15) is 5.38 Å². The standard InChI is InChI=1S/C18H26ClNO4Si/c1-18(2,3)25(5,6)24-11-12-9-7-8-10-13(12)20-15(17(22)23-4)14(19)16(20)21/h7-10,14-15H,11H2,1-6H3/t14-,15-/m1/s1. The molecule has 0 radical (unpaired) electrons. The quantitative estimate of drug-likeness (QED) is 0.336. The SMILES string of the molecule is COC(=O)[C@H]1[C@@H](Cl)C(=O)N1c1ccccc1CO[Si](C)(C)C(C)(C)C. The van der Waals surface area contributed by atoms with Crippen molar-refractivity contribution in [1.29, 1.82) is 0 Å². The Kier molecular flexibility index (Phi) is 5.66. The van der Waals surface area contributed by atoms with Crippen LogP contribution in [0, 0.1) is 0 Å². The fourth-order valence-electron chi connectivity index (χ4n) is 2.41. The number of halogens is 1. The highest BCUT2D eigenvalue weighted by atomic mass is 35.5. The van der Waals surface area contributed by atoms with Crippen LogP contribution in [0.2, 0.25) is 18.1 Å². The predicted molar refractivity (Wildman–Crippen MR) is 101 cm³/mol. The van der Waals surface area contributed by atoms with Crippen LogP contribution in [-0.4, -0.2) is 38.7 Å². The highest BCUT2D eigenvalue weighted by molar-refractivity contribution is 6.74. The second kappa shape index (κ2) is 7.09. The van der Waals surface area contributed by atoms with Crippen molar-refractivity contribution in [2.75, 3.05) is 12.0 Å². The first-order valence-corrected chi connectivity index (χ1v) is 11.6. The van der Waals surface area contributed by atoms with E-state index in [1.165, 1.54) is 12.0 Å². The number of ether oxygens (including phenoxy) is 1. The number of amides is 1.